The summed E-state index contributed by atoms with van der Waals surface area (Å²) in [5.74, 6) is 3.21. The van der Waals surface area contributed by atoms with Crippen molar-refractivity contribution >= 4 is 0 Å². The van der Waals surface area contributed by atoms with Gasteiger partial charge >= 0.3 is 0 Å². The summed E-state index contributed by atoms with van der Waals surface area (Å²) >= 11 is 0. The Labute approximate surface area is 194 Å². The van der Waals surface area contributed by atoms with Crippen molar-refractivity contribution in [2.24, 2.45) is 52.3 Å². The molecule has 2 heterocycles. The van der Waals surface area contributed by atoms with E-state index in [1.807, 2.05) is 0 Å². The first-order valence-electron chi connectivity index (χ1n) is 13.7. The zero-order valence-electron chi connectivity index (χ0n) is 21.0. The van der Waals surface area contributed by atoms with Crippen molar-refractivity contribution < 1.29 is 19.7 Å². The van der Waals surface area contributed by atoms with Gasteiger partial charge in [-0.1, -0.05) is 27.7 Å². The van der Waals surface area contributed by atoms with Crippen LogP contribution in [0.4, 0.5) is 0 Å². The molecule has 4 aliphatic carbocycles. The molecule has 6 rings (SSSR count). The van der Waals surface area contributed by atoms with Gasteiger partial charge in [-0.3, -0.25) is 0 Å². The standard InChI is InChI=1S/C28H46O4/c1-16-8-11-28(31-14-16)17(2)23-22(32-28)13-21-20-7-6-18-12-19(29)9-10-25(18,3)24(20)27(5,30)15-26(21,23)4/h16-24,29-30H,6-15H2,1-5H3/t16-,17-,18-,19+,20+,21-,22-,23+,24-,25+,26+,27+,28-/m1/s1. The van der Waals surface area contributed by atoms with Gasteiger partial charge in [-0.25, -0.2) is 0 Å². The summed E-state index contributed by atoms with van der Waals surface area (Å²) in [4.78, 5) is 0. The molecule has 4 saturated carbocycles. The van der Waals surface area contributed by atoms with Gasteiger partial charge in [0.05, 0.1) is 24.4 Å². The molecule has 0 aromatic heterocycles. The molecule has 1 spiro atoms. The number of rotatable bonds is 0. The van der Waals surface area contributed by atoms with Gasteiger partial charge in [-0.2, -0.15) is 0 Å². The lowest BCUT2D eigenvalue weighted by molar-refractivity contribution is -0.276. The molecule has 4 nitrogen and oxygen atoms in total. The SMILES string of the molecule is C[C@@H]1CC[C@@]2(OC1)O[C@@H]1C[C@@H]3[C@@H]4CC[C@@H]5C[C@@H](O)CC[C@]5(C)[C@@H]4[C@@](C)(O)C[C@]3(C)[C@H]1[C@H]2C. The van der Waals surface area contributed by atoms with E-state index in [1.165, 1.54) is 19.3 Å². The third-order valence-corrected chi connectivity index (χ3v) is 12.1. The van der Waals surface area contributed by atoms with E-state index in [-0.39, 0.29) is 28.8 Å². The summed E-state index contributed by atoms with van der Waals surface area (Å²) in [5, 5.41) is 22.5. The summed E-state index contributed by atoms with van der Waals surface area (Å²) in [6.45, 7) is 12.6. The fourth-order valence-electron chi connectivity index (χ4n) is 11.0. The summed E-state index contributed by atoms with van der Waals surface area (Å²) in [5.41, 5.74) is -0.388. The number of fused-ring (bicyclic) bond motifs is 7. The first-order chi connectivity index (χ1) is 15.0. The lowest BCUT2D eigenvalue weighted by Gasteiger charge is -2.65. The minimum Gasteiger partial charge on any atom is -0.393 e. The van der Waals surface area contributed by atoms with Gasteiger partial charge in [0, 0.05) is 12.3 Å². The van der Waals surface area contributed by atoms with Gasteiger partial charge in [0.2, 0.25) is 0 Å². The van der Waals surface area contributed by atoms with Crippen molar-refractivity contribution in [2.45, 2.75) is 116 Å². The van der Waals surface area contributed by atoms with E-state index in [0.717, 1.165) is 45.1 Å². The topological polar surface area (TPSA) is 58.9 Å². The fraction of sp³-hybridized carbons (Fsp3) is 1.00. The van der Waals surface area contributed by atoms with Crippen LogP contribution in [0, 0.1) is 52.3 Å². The third kappa shape index (κ3) is 2.82. The van der Waals surface area contributed by atoms with E-state index in [0.29, 0.717) is 41.4 Å². The molecule has 2 aliphatic heterocycles. The van der Waals surface area contributed by atoms with Crippen molar-refractivity contribution in [1.82, 2.24) is 0 Å². The van der Waals surface area contributed by atoms with Crippen molar-refractivity contribution in [2.75, 3.05) is 6.61 Å². The van der Waals surface area contributed by atoms with E-state index in [2.05, 4.69) is 34.6 Å². The quantitative estimate of drug-likeness (QED) is 0.540. The number of hydrogen-bond acceptors (Lipinski definition) is 4. The van der Waals surface area contributed by atoms with Gasteiger partial charge in [0.15, 0.2) is 5.79 Å². The van der Waals surface area contributed by atoms with E-state index < -0.39 is 5.60 Å². The average molecular weight is 447 g/mol. The van der Waals surface area contributed by atoms with Gasteiger partial charge in [0.1, 0.15) is 0 Å². The lowest BCUT2D eigenvalue weighted by atomic mass is 9.41. The number of aliphatic hydroxyl groups is 2. The van der Waals surface area contributed by atoms with Crippen LogP contribution in [0.5, 0.6) is 0 Å². The van der Waals surface area contributed by atoms with Crippen molar-refractivity contribution in [3.8, 4) is 0 Å². The fourth-order valence-corrected chi connectivity index (χ4v) is 11.0. The maximum Gasteiger partial charge on any atom is 0.171 e. The predicted molar refractivity (Wildman–Crippen MR) is 124 cm³/mol. The Hall–Kier alpha value is -0.160. The molecule has 0 aromatic carbocycles. The molecule has 182 valence electrons. The van der Waals surface area contributed by atoms with Crippen LogP contribution in [-0.2, 0) is 9.47 Å². The van der Waals surface area contributed by atoms with Gasteiger partial charge in [-0.05, 0) is 105 Å². The molecule has 6 fully saturated rings. The Kier molecular flexibility index (Phi) is 4.85. The van der Waals surface area contributed by atoms with Crippen LogP contribution in [0.15, 0.2) is 0 Å². The molecule has 4 heteroatoms. The summed E-state index contributed by atoms with van der Waals surface area (Å²) < 4.78 is 13.3. The Bertz CT molecular complexity index is 757. The molecule has 0 radical (unpaired) electrons. The first kappa shape index (κ1) is 22.3. The summed E-state index contributed by atoms with van der Waals surface area (Å²) in [6, 6.07) is 0. The first-order valence-corrected chi connectivity index (χ1v) is 13.7. The van der Waals surface area contributed by atoms with Crippen LogP contribution in [0.2, 0.25) is 0 Å². The van der Waals surface area contributed by atoms with Crippen molar-refractivity contribution in [3.05, 3.63) is 0 Å². The largest absolute Gasteiger partial charge is 0.393 e. The Morgan fingerprint density at radius 2 is 1.69 bits per heavy atom. The Morgan fingerprint density at radius 1 is 0.906 bits per heavy atom. The normalized spacial score (nSPS) is 64.0. The second-order valence-corrected chi connectivity index (χ2v) is 14.0. The van der Waals surface area contributed by atoms with Gasteiger partial charge < -0.3 is 19.7 Å². The van der Waals surface area contributed by atoms with Gasteiger partial charge in [0.25, 0.3) is 0 Å². The monoisotopic (exact) mass is 446 g/mol. The molecule has 6 aliphatic rings. The van der Waals surface area contributed by atoms with Crippen molar-refractivity contribution in [3.63, 3.8) is 0 Å². The molecule has 0 aromatic rings. The highest BCUT2D eigenvalue weighted by Crippen LogP contribution is 2.73. The molecule has 0 unspecified atom stereocenters. The summed E-state index contributed by atoms with van der Waals surface area (Å²) in [6.07, 6.45) is 9.71. The highest BCUT2D eigenvalue weighted by atomic mass is 16.7. The minimum absolute atomic E-state index is 0.113. The molecular formula is C28H46O4. The highest BCUT2D eigenvalue weighted by molar-refractivity contribution is 5.19. The highest BCUT2D eigenvalue weighted by Gasteiger charge is 2.72. The Balaban J connectivity index is 1.33. The smallest absolute Gasteiger partial charge is 0.171 e. The van der Waals surface area contributed by atoms with E-state index in [4.69, 9.17) is 9.47 Å². The van der Waals surface area contributed by atoms with E-state index >= 15 is 0 Å². The molecule has 0 bridgehead atoms. The van der Waals surface area contributed by atoms with Crippen LogP contribution in [0.25, 0.3) is 0 Å². The lowest BCUT2D eigenvalue weighted by Crippen LogP contribution is -2.64. The third-order valence-electron chi connectivity index (χ3n) is 12.1. The second kappa shape index (κ2) is 6.95. The van der Waals surface area contributed by atoms with Crippen molar-refractivity contribution in [1.29, 1.82) is 0 Å². The average Bonchev–Trinajstić information content (AvgIpc) is 3.14. The molecule has 0 amide bonds. The van der Waals surface area contributed by atoms with E-state index in [9.17, 15) is 10.2 Å². The van der Waals surface area contributed by atoms with E-state index in [1.54, 1.807) is 0 Å². The maximum atomic E-state index is 12.2. The number of aliphatic hydroxyl groups excluding tert-OH is 1. The zero-order chi connectivity index (χ0) is 22.7. The number of hydrogen-bond donors (Lipinski definition) is 2. The maximum absolute atomic E-state index is 12.2. The van der Waals surface area contributed by atoms with Crippen LogP contribution in [0.1, 0.15) is 92.4 Å². The molecular weight excluding hydrogens is 400 g/mol. The van der Waals surface area contributed by atoms with Crippen LogP contribution in [0.3, 0.4) is 0 Å². The predicted octanol–water partition coefficient (Wildman–Crippen LogP) is 5.15. The van der Waals surface area contributed by atoms with Crippen LogP contribution < -0.4 is 0 Å². The van der Waals surface area contributed by atoms with Gasteiger partial charge in [-0.15, -0.1) is 0 Å². The molecule has 13 atom stereocenters. The van der Waals surface area contributed by atoms with Crippen LogP contribution in [-0.4, -0.2) is 40.4 Å². The molecule has 32 heavy (non-hydrogen) atoms. The zero-order valence-corrected chi connectivity index (χ0v) is 21.0. The molecule has 2 N–H and O–H groups in total. The minimum atomic E-state index is -0.655. The Morgan fingerprint density at radius 3 is 2.41 bits per heavy atom. The van der Waals surface area contributed by atoms with Crippen LogP contribution >= 0.6 is 0 Å². The summed E-state index contributed by atoms with van der Waals surface area (Å²) in [7, 11) is 0. The molecule has 2 saturated heterocycles. The number of ether oxygens (including phenoxy) is 2. The second-order valence-electron chi connectivity index (χ2n) is 14.0.